The van der Waals surface area contributed by atoms with Gasteiger partial charge >= 0.3 is 35.8 Å². The van der Waals surface area contributed by atoms with Gasteiger partial charge in [0.05, 0.1) is 0 Å². The lowest BCUT2D eigenvalue weighted by Crippen LogP contribution is -2.68. The Kier molecular flexibility index (Phi) is 13.4. The number of aliphatic hydroxyl groups excluding tert-OH is 1. The van der Waals surface area contributed by atoms with Crippen molar-refractivity contribution in [3.63, 3.8) is 0 Å². The van der Waals surface area contributed by atoms with Crippen LogP contribution >= 0.6 is 0 Å². The second kappa shape index (κ2) is 16.3. The molecule has 1 unspecified atom stereocenters. The van der Waals surface area contributed by atoms with E-state index in [0.29, 0.717) is 0 Å². The molecule has 0 aliphatic carbocycles. The summed E-state index contributed by atoms with van der Waals surface area (Å²) in [4.78, 5) is 83.6. The van der Waals surface area contributed by atoms with E-state index in [4.69, 9.17) is 42.6 Å². The number of hydrogen-bond acceptors (Lipinski definition) is 17. The molecule has 1 amide bonds. The Bertz CT molecular complexity index is 1090. The number of amides is 1. The van der Waals surface area contributed by atoms with Gasteiger partial charge in [-0.05, 0) is 0 Å². The normalized spacial score (nSPS) is 31.5. The third-order valence-corrected chi connectivity index (χ3v) is 6.03. The molecule has 0 radical (unpaired) electrons. The van der Waals surface area contributed by atoms with Crippen LogP contribution in [0, 0.1) is 0 Å². The molecule has 0 aromatic carbocycles. The zero-order chi connectivity index (χ0) is 33.3. The van der Waals surface area contributed by atoms with Crippen molar-refractivity contribution in [3.8, 4) is 0 Å². The maximum absolute atomic E-state index is 12.2. The zero-order valence-corrected chi connectivity index (χ0v) is 25.2. The number of esters is 6. The van der Waals surface area contributed by atoms with Crippen LogP contribution in [0.3, 0.4) is 0 Å². The van der Waals surface area contributed by atoms with Gasteiger partial charge in [0.15, 0.2) is 37.0 Å². The molecule has 10 atom stereocenters. The second-order valence-electron chi connectivity index (χ2n) is 9.84. The van der Waals surface area contributed by atoms with Gasteiger partial charge in [0, 0.05) is 48.5 Å². The van der Waals surface area contributed by atoms with E-state index in [2.05, 4.69) is 5.32 Å². The number of ether oxygens (including phenoxy) is 9. The minimum atomic E-state index is -1.79. The van der Waals surface area contributed by atoms with Gasteiger partial charge < -0.3 is 53.1 Å². The molecule has 18 nitrogen and oxygen atoms in total. The van der Waals surface area contributed by atoms with Crippen molar-refractivity contribution in [3.05, 3.63) is 0 Å². The quantitative estimate of drug-likeness (QED) is 0.188. The highest BCUT2D eigenvalue weighted by atomic mass is 16.8. The van der Waals surface area contributed by atoms with Gasteiger partial charge in [0.1, 0.15) is 37.6 Å². The van der Waals surface area contributed by atoms with E-state index in [9.17, 15) is 38.7 Å². The Hall–Kier alpha value is -3.87. The van der Waals surface area contributed by atoms with Crippen LogP contribution in [-0.2, 0) is 76.2 Å². The first kappa shape index (κ1) is 36.3. The summed E-state index contributed by atoms with van der Waals surface area (Å²) >= 11 is 0. The first-order valence-electron chi connectivity index (χ1n) is 13.4. The molecule has 0 saturated carbocycles. The minimum Gasteiger partial charge on any atom is -0.463 e. The van der Waals surface area contributed by atoms with E-state index in [0.717, 1.165) is 48.5 Å². The predicted molar refractivity (Wildman–Crippen MR) is 138 cm³/mol. The molecule has 44 heavy (non-hydrogen) atoms. The van der Waals surface area contributed by atoms with Crippen LogP contribution < -0.4 is 5.32 Å². The van der Waals surface area contributed by atoms with E-state index < -0.39 is 116 Å². The molecule has 2 fully saturated rings. The lowest BCUT2D eigenvalue weighted by Gasteiger charge is -2.48. The summed E-state index contributed by atoms with van der Waals surface area (Å²) in [5.41, 5.74) is 0. The maximum atomic E-state index is 12.2. The van der Waals surface area contributed by atoms with Crippen molar-refractivity contribution in [2.45, 2.75) is 110 Å². The third-order valence-electron chi connectivity index (χ3n) is 6.03. The summed E-state index contributed by atoms with van der Waals surface area (Å²) in [5.74, 6) is -5.68. The molecule has 248 valence electrons. The number of hydrogen-bond donors (Lipinski definition) is 2. The van der Waals surface area contributed by atoms with Crippen molar-refractivity contribution in [1.29, 1.82) is 0 Å². The Morgan fingerprint density at radius 2 is 1.00 bits per heavy atom. The van der Waals surface area contributed by atoms with Gasteiger partial charge in [0.2, 0.25) is 5.91 Å². The average molecular weight is 636 g/mol. The number of rotatable bonds is 11. The van der Waals surface area contributed by atoms with Crippen LogP contribution in [-0.4, -0.2) is 121 Å². The number of aliphatic hydroxyl groups is 1. The highest BCUT2D eigenvalue weighted by molar-refractivity contribution is 5.73. The molecule has 0 aromatic heterocycles. The number of nitrogens with one attached hydrogen (secondary N) is 1. The second-order valence-corrected chi connectivity index (χ2v) is 9.84. The van der Waals surface area contributed by atoms with E-state index in [1.807, 2.05) is 0 Å². The Morgan fingerprint density at radius 3 is 1.45 bits per heavy atom. The van der Waals surface area contributed by atoms with Gasteiger partial charge in [-0.2, -0.15) is 0 Å². The molecule has 2 N–H and O–H groups in total. The fourth-order valence-corrected chi connectivity index (χ4v) is 4.59. The Labute approximate surface area is 251 Å². The van der Waals surface area contributed by atoms with E-state index in [-0.39, 0.29) is 0 Å². The standard InChI is InChI=1S/C26H37NO17/c1-10(28)27-19-22(39-14(5)32)20(17(42-25(19)35)8-36-11(2)29)44-26-24(41-16(7)34)23(40-15(6)33)21(38-13(4)31)18(43-26)9-37-12(3)30/h17-26,35H,8-9H2,1-7H3,(H,27,28)/t17-,18-,19-,20-,21+,22-,23-,24+,25?,26-/m1/s1. The van der Waals surface area contributed by atoms with Gasteiger partial charge in [-0.15, -0.1) is 0 Å². The fourth-order valence-electron chi connectivity index (χ4n) is 4.59. The van der Waals surface area contributed by atoms with Crippen molar-refractivity contribution in [2.24, 2.45) is 0 Å². The first-order chi connectivity index (χ1) is 20.5. The van der Waals surface area contributed by atoms with Gasteiger partial charge in [0.25, 0.3) is 0 Å². The van der Waals surface area contributed by atoms with Crippen molar-refractivity contribution < 1.29 is 81.3 Å². The van der Waals surface area contributed by atoms with Crippen molar-refractivity contribution in [1.82, 2.24) is 5.32 Å². The SMILES string of the molecule is CC(=O)N[C@H]1C(O)O[C@H](COC(C)=O)[C@@H](O[C@H]2O[C@H](COC(C)=O)[C@H](OC(C)=O)[C@@H](OC(C)=O)[C@@H]2OC(C)=O)[C@@H]1OC(C)=O. The van der Waals surface area contributed by atoms with Crippen molar-refractivity contribution >= 4 is 41.7 Å². The predicted octanol–water partition coefficient (Wildman–Crippen LogP) is -1.83. The number of carbonyl (C=O) groups excluding carboxylic acids is 7. The fraction of sp³-hybridized carbons (Fsp3) is 0.731. The molecule has 2 rings (SSSR count). The Balaban J connectivity index is 2.66. The smallest absolute Gasteiger partial charge is 0.303 e. The van der Waals surface area contributed by atoms with Crippen LogP contribution in [0.15, 0.2) is 0 Å². The van der Waals surface area contributed by atoms with Gasteiger partial charge in [-0.3, -0.25) is 33.6 Å². The van der Waals surface area contributed by atoms with Crippen LogP contribution in [0.4, 0.5) is 0 Å². The van der Waals surface area contributed by atoms with Crippen LogP contribution in [0.25, 0.3) is 0 Å². The summed E-state index contributed by atoms with van der Waals surface area (Å²) in [6.45, 7) is 6.33. The summed E-state index contributed by atoms with van der Waals surface area (Å²) in [6, 6.07) is -1.43. The first-order valence-corrected chi connectivity index (χ1v) is 13.4. The molecule has 0 spiro atoms. The molecular formula is C26H37NO17. The molecule has 2 aliphatic heterocycles. The van der Waals surface area contributed by atoms with E-state index >= 15 is 0 Å². The topological polar surface area (TPSA) is 235 Å². The largest absolute Gasteiger partial charge is 0.463 e. The highest BCUT2D eigenvalue weighted by Gasteiger charge is 2.56. The Morgan fingerprint density at radius 1 is 0.568 bits per heavy atom. The third kappa shape index (κ3) is 10.7. The molecule has 0 aromatic rings. The van der Waals surface area contributed by atoms with E-state index in [1.54, 1.807) is 0 Å². The molecule has 2 heterocycles. The van der Waals surface area contributed by atoms with Crippen LogP contribution in [0.5, 0.6) is 0 Å². The lowest BCUT2D eigenvalue weighted by molar-refractivity contribution is -0.347. The summed E-state index contributed by atoms with van der Waals surface area (Å²) in [6.07, 6.45) is -14.2. The maximum Gasteiger partial charge on any atom is 0.303 e. The monoisotopic (exact) mass is 635 g/mol. The van der Waals surface area contributed by atoms with E-state index in [1.165, 1.54) is 0 Å². The summed E-state index contributed by atoms with van der Waals surface area (Å²) in [5, 5.41) is 13.1. The van der Waals surface area contributed by atoms with Crippen LogP contribution in [0.1, 0.15) is 48.5 Å². The van der Waals surface area contributed by atoms with Crippen molar-refractivity contribution in [2.75, 3.05) is 13.2 Å². The molecule has 18 heteroatoms. The average Bonchev–Trinajstić information content (AvgIpc) is 2.87. The molecule has 0 bridgehead atoms. The van der Waals surface area contributed by atoms with Gasteiger partial charge in [-0.1, -0.05) is 0 Å². The highest BCUT2D eigenvalue weighted by Crippen LogP contribution is 2.34. The van der Waals surface area contributed by atoms with Crippen LogP contribution in [0.2, 0.25) is 0 Å². The lowest BCUT2D eigenvalue weighted by atomic mass is 9.95. The zero-order valence-electron chi connectivity index (χ0n) is 25.2. The molecule has 2 aliphatic rings. The summed E-state index contributed by atoms with van der Waals surface area (Å²) < 4.78 is 49.2. The number of carbonyl (C=O) groups is 7. The molecular weight excluding hydrogens is 598 g/mol. The van der Waals surface area contributed by atoms with Gasteiger partial charge in [-0.25, -0.2) is 0 Å². The minimum absolute atomic E-state index is 0.559. The summed E-state index contributed by atoms with van der Waals surface area (Å²) in [7, 11) is 0. The molecule has 2 saturated heterocycles.